The highest BCUT2D eigenvalue weighted by Gasteiger charge is 2.27. The summed E-state index contributed by atoms with van der Waals surface area (Å²) in [6.07, 6.45) is 3.07. The molecule has 22 heavy (non-hydrogen) atoms. The minimum atomic E-state index is 0.0422. The first-order chi connectivity index (χ1) is 10.5. The topological polar surface area (TPSA) is 45.5 Å². The van der Waals surface area contributed by atoms with Crippen molar-refractivity contribution in [2.75, 3.05) is 20.2 Å². The maximum absolute atomic E-state index is 12.9. The Morgan fingerprint density at radius 3 is 2.73 bits per heavy atom. The van der Waals surface area contributed by atoms with Gasteiger partial charge in [-0.3, -0.25) is 4.79 Å². The van der Waals surface area contributed by atoms with Gasteiger partial charge in [-0.2, -0.15) is 0 Å². The second-order valence-electron chi connectivity index (χ2n) is 6.36. The zero-order valence-corrected chi connectivity index (χ0v) is 13.6. The number of benzene rings is 1. The smallest absolute Gasteiger partial charge is 0.270 e. The quantitative estimate of drug-likeness (QED) is 0.927. The van der Waals surface area contributed by atoms with E-state index in [9.17, 15) is 9.90 Å². The summed E-state index contributed by atoms with van der Waals surface area (Å²) in [6.45, 7) is 5.50. The molecule has 4 nitrogen and oxygen atoms in total. The summed E-state index contributed by atoms with van der Waals surface area (Å²) in [6, 6.07) is 4.33. The highest BCUT2D eigenvalue weighted by atomic mass is 16.3. The lowest BCUT2D eigenvalue weighted by atomic mass is 9.99. The van der Waals surface area contributed by atoms with Crippen LogP contribution in [0.2, 0.25) is 0 Å². The second-order valence-corrected chi connectivity index (χ2v) is 6.36. The molecule has 2 aromatic rings. The molecule has 3 rings (SSSR count). The third-order valence-electron chi connectivity index (χ3n) is 4.64. The van der Waals surface area contributed by atoms with Crippen LogP contribution in [-0.2, 0) is 13.0 Å². The summed E-state index contributed by atoms with van der Waals surface area (Å²) < 4.78 is 2.03. The van der Waals surface area contributed by atoms with Crippen LogP contribution in [-0.4, -0.2) is 40.7 Å². The molecule has 0 saturated heterocycles. The number of aromatic nitrogens is 1. The molecule has 1 aliphatic heterocycles. The van der Waals surface area contributed by atoms with Crippen molar-refractivity contribution in [2.24, 2.45) is 0 Å². The van der Waals surface area contributed by atoms with Crippen LogP contribution in [0, 0.1) is 13.8 Å². The van der Waals surface area contributed by atoms with Crippen LogP contribution in [0.15, 0.2) is 12.1 Å². The number of nitrogens with zero attached hydrogens (tertiary/aromatic N) is 2. The highest BCUT2D eigenvalue weighted by molar-refractivity contribution is 6.02. The number of hydrogen-bond acceptors (Lipinski definition) is 2. The molecule has 118 valence electrons. The molecule has 1 aromatic carbocycles. The van der Waals surface area contributed by atoms with Gasteiger partial charge in [-0.05, 0) is 50.3 Å². The molecule has 0 aliphatic carbocycles. The van der Waals surface area contributed by atoms with Gasteiger partial charge in [0.15, 0.2) is 0 Å². The van der Waals surface area contributed by atoms with Crippen molar-refractivity contribution in [1.82, 2.24) is 9.47 Å². The fourth-order valence-corrected chi connectivity index (χ4v) is 3.70. The molecule has 1 aromatic heterocycles. The molecule has 0 bridgehead atoms. The van der Waals surface area contributed by atoms with Gasteiger partial charge in [0.2, 0.25) is 0 Å². The van der Waals surface area contributed by atoms with Crippen LogP contribution in [0.25, 0.3) is 10.9 Å². The van der Waals surface area contributed by atoms with Crippen molar-refractivity contribution in [2.45, 2.75) is 39.7 Å². The van der Waals surface area contributed by atoms with Crippen LogP contribution in [0.1, 0.15) is 40.0 Å². The summed E-state index contributed by atoms with van der Waals surface area (Å²) in [5.41, 5.74) is 5.43. The van der Waals surface area contributed by atoms with E-state index in [0.29, 0.717) is 6.54 Å². The zero-order valence-electron chi connectivity index (χ0n) is 13.6. The summed E-state index contributed by atoms with van der Waals surface area (Å²) in [7, 11) is 1.87. The number of carbonyl (C=O) groups excluding carboxylic acids is 1. The molecule has 0 fully saturated rings. The Kier molecular flexibility index (Phi) is 3.96. The van der Waals surface area contributed by atoms with Crippen LogP contribution >= 0.6 is 0 Å². The summed E-state index contributed by atoms with van der Waals surface area (Å²) >= 11 is 0. The van der Waals surface area contributed by atoms with E-state index >= 15 is 0 Å². The van der Waals surface area contributed by atoms with Gasteiger partial charge in [0.05, 0.1) is 12.1 Å². The highest BCUT2D eigenvalue weighted by Crippen LogP contribution is 2.33. The molecule has 0 spiro atoms. The molecule has 0 radical (unpaired) electrons. The minimum Gasteiger partial charge on any atom is -0.395 e. The van der Waals surface area contributed by atoms with Crippen LogP contribution < -0.4 is 0 Å². The maximum atomic E-state index is 12.9. The maximum Gasteiger partial charge on any atom is 0.270 e. The van der Waals surface area contributed by atoms with Crippen molar-refractivity contribution >= 4 is 16.8 Å². The third kappa shape index (κ3) is 2.31. The summed E-state index contributed by atoms with van der Waals surface area (Å²) in [4.78, 5) is 14.7. The summed E-state index contributed by atoms with van der Waals surface area (Å²) in [5, 5.41) is 10.7. The van der Waals surface area contributed by atoms with Gasteiger partial charge in [0, 0.05) is 25.5 Å². The van der Waals surface area contributed by atoms with Crippen molar-refractivity contribution < 1.29 is 9.90 Å². The van der Waals surface area contributed by atoms with Gasteiger partial charge < -0.3 is 14.6 Å². The number of aliphatic hydroxyl groups is 1. The fraction of sp³-hybridized carbons (Fsp3) is 0.500. The van der Waals surface area contributed by atoms with Crippen molar-refractivity contribution in [3.63, 3.8) is 0 Å². The van der Waals surface area contributed by atoms with Crippen LogP contribution in [0.3, 0.4) is 0 Å². The van der Waals surface area contributed by atoms with Gasteiger partial charge >= 0.3 is 0 Å². The summed E-state index contributed by atoms with van der Waals surface area (Å²) in [5.74, 6) is 0.0800. The Hall–Kier alpha value is -1.81. The first-order valence-electron chi connectivity index (χ1n) is 8.03. The molecule has 0 unspecified atom stereocenters. The first-order valence-corrected chi connectivity index (χ1v) is 8.03. The standard InChI is InChI=1S/C18H24N2O2/c1-12-10-13(2)16-15(11-12)14-6-4-5-7-19(3)18(22)17(14)20(16)8-9-21/h10-11,21H,4-9H2,1-3H3. The third-order valence-corrected chi connectivity index (χ3v) is 4.64. The van der Waals surface area contributed by atoms with E-state index in [1.807, 2.05) is 16.5 Å². The SMILES string of the molecule is Cc1cc(C)c2c(c1)c1c(n2CCO)C(=O)N(C)CCCC1. The normalized spacial score (nSPS) is 15.8. The molecule has 0 saturated carbocycles. The average Bonchev–Trinajstić information content (AvgIpc) is 2.75. The van der Waals surface area contributed by atoms with E-state index in [0.717, 1.165) is 42.6 Å². The average molecular weight is 300 g/mol. The van der Waals surface area contributed by atoms with Gasteiger partial charge in [0.1, 0.15) is 5.69 Å². The molecular weight excluding hydrogens is 276 g/mol. The van der Waals surface area contributed by atoms with Crippen LogP contribution in [0.4, 0.5) is 0 Å². The van der Waals surface area contributed by atoms with Crippen molar-refractivity contribution in [3.05, 3.63) is 34.5 Å². The molecular formula is C18H24N2O2. The van der Waals surface area contributed by atoms with E-state index in [4.69, 9.17) is 0 Å². The van der Waals surface area contributed by atoms with Gasteiger partial charge in [-0.1, -0.05) is 11.6 Å². The Labute approximate surface area is 131 Å². The predicted molar refractivity (Wildman–Crippen MR) is 88.4 cm³/mol. The van der Waals surface area contributed by atoms with E-state index < -0.39 is 0 Å². The largest absolute Gasteiger partial charge is 0.395 e. The molecule has 0 atom stereocenters. The molecule has 1 N–H and O–H groups in total. The molecule has 2 heterocycles. The van der Waals surface area contributed by atoms with Gasteiger partial charge in [-0.25, -0.2) is 0 Å². The Bertz CT molecular complexity index is 730. The zero-order chi connectivity index (χ0) is 15.9. The van der Waals surface area contributed by atoms with E-state index in [1.54, 1.807) is 0 Å². The Morgan fingerprint density at radius 2 is 2.00 bits per heavy atom. The lowest BCUT2D eigenvalue weighted by molar-refractivity contribution is 0.0776. The first kappa shape index (κ1) is 15.1. The number of aryl methyl sites for hydroxylation is 3. The molecule has 4 heteroatoms. The molecule has 1 aliphatic rings. The van der Waals surface area contributed by atoms with Crippen molar-refractivity contribution in [1.29, 1.82) is 0 Å². The second kappa shape index (κ2) is 5.76. The van der Waals surface area contributed by atoms with Gasteiger partial charge in [-0.15, -0.1) is 0 Å². The van der Waals surface area contributed by atoms with E-state index in [2.05, 4.69) is 26.0 Å². The van der Waals surface area contributed by atoms with Crippen LogP contribution in [0.5, 0.6) is 0 Å². The number of carbonyl (C=O) groups is 1. The van der Waals surface area contributed by atoms with E-state index in [1.165, 1.54) is 16.5 Å². The van der Waals surface area contributed by atoms with Gasteiger partial charge in [0.25, 0.3) is 5.91 Å². The number of hydrogen-bond donors (Lipinski definition) is 1. The number of fused-ring (bicyclic) bond motifs is 3. The molecule has 1 amide bonds. The monoisotopic (exact) mass is 300 g/mol. The number of aliphatic hydroxyl groups excluding tert-OH is 1. The lowest BCUT2D eigenvalue weighted by Crippen LogP contribution is -2.32. The van der Waals surface area contributed by atoms with Crippen molar-refractivity contribution in [3.8, 4) is 0 Å². The Balaban J connectivity index is 2.37. The lowest BCUT2D eigenvalue weighted by Gasteiger charge is -2.22. The van der Waals surface area contributed by atoms with E-state index in [-0.39, 0.29) is 12.5 Å². The Morgan fingerprint density at radius 1 is 1.23 bits per heavy atom. The minimum absolute atomic E-state index is 0.0422. The fourth-order valence-electron chi connectivity index (χ4n) is 3.70. The number of amides is 1. The number of rotatable bonds is 2. The predicted octanol–water partition coefficient (Wildman–Crippen LogP) is 2.66.